The zero-order valence-electron chi connectivity index (χ0n) is 15.6. The van der Waals surface area contributed by atoms with E-state index in [-0.39, 0.29) is 28.0 Å². The summed E-state index contributed by atoms with van der Waals surface area (Å²) in [4.78, 5) is 12.8. The van der Waals surface area contributed by atoms with Gasteiger partial charge in [-0.25, -0.2) is 0 Å². The highest BCUT2D eigenvalue weighted by Gasteiger charge is 2.44. The molecule has 1 aliphatic rings. The molecule has 0 saturated carbocycles. The molecule has 4 rings (SSSR count). The molecule has 30 heavy (non-hydrogen) atoms. The average Bonchev–Trinajstić information content (AvgIpc) is 2.75. The van der Waals surface area contributed by atoms with Crippen molar-refractivity contribution >= 4 is 11.0 Å². The molecule has 5 atom stereocenters. The van der Waals surface area contributed by atoms with E-state index in [4.69, 9.17) is 13.9 Å². The second-order valence-corrected chi connectivity index (χ2v) is 6.97. The maximum atomic E-state index is 12.8. The van der Waals surface area contributed by atoms with Crippen LogP contribution < -0.4 is 10.2 Å². The van der Waals surface area contributed by atoms with Crippen molar-refractivity contribution in [3.05, 3.63) is 59.0 Å². The van der Waals surface area contributed by atoms with Gasteiger partial charge in [-0.15, -0.1) is 0 Å². The van der Waals surface area contributed by atoms with E-state index in [1.165, 1.54) is 24.5 Å². The Labute approximate surface area is 170 Å². The third-order valence-electron chi connectivity index (χ3n) is 5.05. The minimum Gasteiger partial charge on any atom is -0.507 e. The van der Waals surface area contributed by atoms with E-state index in [0.29, 0.717) is 5.56 Å². The minimum absolute atomic E-state index is 0.0802. The summed E-state index contributed by atoms with van der Waals surface area (Å²) in [6.07, 6.45) is -5.64. The second-order valence-electron chi connectivity index (χ2n) is 6.97. The lowest BCUT2D eigenvalue weighted by Gasteiger charge is -2.39. The Hall–Kier alpha value is -2.95. The highest BCUT2D eigenvalue weighted by molar-refractivity contribution is 5.86. The summed E-state index contributed by atoms with van der Waals surface area (Å²) >= 11 is 0. The summed E-state index contributed by atoms with van der Waals surface area (Å²) in [6.45, 7) is -0.561. The lowest BCUT2D eigenvalue weighted by Crippen LogP contribution is -2.60. The Balaban J connectivity index is 1.58. The van der Waals surface area contributed by atoms with Crippen LogP contribution in [0.5, 0.6) is 11.5 Å². The molecule has 1 fully saturated rings. The van der Waals surface area contributed by atoms with Gasteiger partial charge in [-0.1, -0.05) is 18.2 Å². The van der Waals surface area contributed by atoms with Crippen molar-refractivity contribution in [2.45, 2.75) is 30.7 Å². The molecule has 0 aliphatic carbocycles. The van der Waals surface area contributed by atoms with Crippen LogP contribution in [0.4, 0.5) is 0 Å². The molecule has 0 radical (unpaired) electrons. The average molecular weight is 416 g/mol. The monoisotopic (exact) mass is 416 g/mol. The molecule has 2 heterocycles. The number of phenols is 1. The molecule has 1 saturated heterocycles. The Morgan fingerprint density at radius 3 is 2.40 bits per heavy atom. The van der Waals surface area contributed by atoms with Crippen LogP contribution in [0.3, 0.4) is 0 Å². The fourth-order valence-corrected chi connectivity index (χ4v) is 3.37. The second kappa shape index (κ2) is 8.05. The predicted molar refractivity (Wildman–Crippen MR) is 104 cm³/mol. The maximum absolute atomic E-state index is 12.8. The molecule has 0 bridgehead atoms. The Morgan fingerprint density at radius 2 is 1.70 bits per heavy atom. The maximum Gasteiger partial charge on any atom is 0.229 e. The van der Waals surface area contributed by atoms with Gasteiger partial charge in [0.2, 0.25) is 11.7 Å². The van der Waals surface area contributed by atoms with E-state index in [2.05, 4.69) is 0 Å². The first-order chi connectivity index (χ1) is 14.4. The van der Waals surface area contributed by atoms with Gasteiger partial charge < -0.3 is 39.4 Å². The summed E-state index contributed by atoms with van der Waals surface area (Å²) in [6, 6.07) is 10.8. The molecule has 5 N–H and O–H groups in total. The lowest BCUT2D eigenvalue weighted by molar-refractivity contribution is -0.277. The Kier molecular flexibility index (Phi) is 5.46. The van der Waals surface area contributed by atoms with Gasteiger partial charge in [-0.3, -0.25) is 4.79 Å². The number of fused-ring (bicyclic) bond motifs is 1. The van der Waals surface area contributed by atoms with Crippen molar-refractivity contribution in [1.29, 1.82) is 0 Å². The number of rotatable bonds is 4. The van der Waals surface area contributed by atoms with Gasteiger partial charge in [-0.05, 0) is 29.8 Å². The standard InChI is InChI=1S/C21H20O9/c22-8-15-18(25)19(26)20(27)21(30-15)29-11-6-4-10(5-7-11)12-9-28-14-3-1-2-13(23)16(14)17(12)24/h1-7,9,15,18-23,25-27H,8H2/t15-,18-,19+,20-,21-/m1/s1. The smallest absolute Gasteiger partial charge is 0.229 e. The predicted octanol–water partition coefficient (Wildman–Crippen LogP) is 0.344. The first kappa shape index (κ1) is 20.3. The van der Waals surface area contributed by atoms with Gasteiger partial charge >= 0.3 is 0 Å². The number of aliphatic hydroxyl groups is 4. The fourth-order valence-electron chi connectivity index (χ4n) is 3.37. The Bertz CT molecular complexity index is 1090. The molecule has 0 unspecified atom stereocenters. The third-order valence-corrected chi connectivity index (χ3v) is 5.05. The van der Waals surface area contributed by atoms with Crippen molar-refractivity contribution in [3.8, 4) is 22.6 Å². The molecule has 2 aromatic carbocycles. The molecule has 9 nitrogen and oxygen atoms in total. The largest absolute Gasteiger partial charge is 0.507 e. The van der Waals surface area contributed by atoms with Crippen molar-refractivity contribution in [1.82, 2.24) is 0 Å². The van der Waals surface area contributed by atoms with Crippen LogP contribution in [0, 0.1) is 0 Å². The molecule has 158 valence electrons. The zero-order chi connectivity index (χ0) is 21.4. The number of aromatic hydroxyl groups is 1. The highest BCUT2D eigenvalue weighted by atomic mass is 16.7. The lowest BCUT2D eigenvalue weighted by atomic mass is 9.99. The number of benzene rings is 2. The fraction of sp³-hybridized carbons (Fsp3) is 0.286. The molecule has 1 aliphatic heterocycles. The zero-order valence-corrected chi connectivity index (χ0v) is 15.6. The summed E-state index contributed by atoms with van der Waals surface area (Å²) in [5.41, 5.74) is 0.627. The van der Waals surface area contributed by atoms with Crippen molar-refractivity contribution in [3.63, 3.8) is 0 Å². The van der Waals surface area contributed by atoms with Crippen LogP contribution >= 0.6 is 0 Å². The molecule has 0 amide bonds. The number of phenolic OH excluding ortho intramolecular Hbond substituents is 1. The van der Waals surface area contributed by atoms with Crippen LogP contribution in [0.15, 0.2) is 57.9 Å². The van der Waals surface area contributed by atoms with E-state index in [1.807, 2.05) is 0 Å². The van der Waals surface area contributed by atoms with Crippen LogP contribution in [0.1, 0.15) is 0 Å². The number of aliphatic hydroxyl groups excluding tert-OH is 4. The van der Waals surface area contributed by atoms with E-state index in [0.717, 1.165) is 0 Å². The van der Waals surface area contributed by atoms with E-state index in [1.54, 1.807) is 24.3 Å². The first-order valence-corrected chi connectivity index (χ1v) is 9.22. The summed E-state index contributed by atoms with van der Waals surface area (Å²) in [5.74, 6) is 0.0850. The van der Waals surface area contributed by atoms with Crippen LogP contribution in [0.2, 0.25) is 0 Å². The number of ether oxygens (including phenoxy) is 2. The summed E-state index contributed by atoms with van der Waals surface area (Å²) in [7, 11) is 0. The van der Waals surface area contributed by atoms with Gasteiger partial charge in [0.15, 0.2) is 0 Å². The van der Waals surface area contributed by atoms with Gasteiger partial charge in [0.25, 0.3) is 0 Å². The van der Waals surface area contributed by atoms with E-state index < -0.39 is 42.7 Å². The van der Waals surface area contributed by atoms with E-state index >= 15 is 0 Å². The quantitative estimate of drug-likeness (QED) is 0.406. The van der Waals surface area contributed by atoms with Gasteiger partial charge in [0.05, 0.1) is 12.2 Å². The number of hydrogen-bond acceptors (Lipinski definition) is 9. The van der Waals surface area contributed by atoms with Gasteiger partial charge in [0.1, 0.15) is 53.1 Å². The molecular weight excluding hydrogens is 396 g/mol. The third kappa shape index (κ3) is 3.53. The molecule has 3 aromatic rings. The normalized spacial score (nSPS) is 26.6. The van der Waals surface area contributed by atoms with E-state index in [9.17, 15) is 30.3 Å². The van der Waals surface area contributed by atoms with Crippen molar-refractivity contribution < 1.29 is 39.4 Å². The van der Waals surface area contributed by atoms with Crippen LogP contribution in [-0.4, -0.2) is 62.8 Å². The van der Waals surface area contributed by atoms with Crippen molar-refractivity contribution in [2.24, 2.45) is 0 Å². The van der Waals surface area contributed by atoms with Gasteiger partial charge in [-0.2, -0.15) is 0 Å². The van der Waals surface area contributed by atoms with Gasteiger partial charge in [0, 0.05) is 0 Å². The van der Waals surface area contributed by atoms with Crippen LogP contribution in [0.25, 0.3) is 22.1 Å². The van der Waals surface area contributed by atoms with Crippen LogP contribution in [-0.2, 0) is 4.74 Å². The van der Waals surface area contributed by atoms with Crippen molar-refractivity contribution in [2.75, 3.05) is 6.61 Å². The number of hydrogen-bond donors (Lipinski definition) is 5. The first-order valence-electron chi connectivity index (χ1n) is 9.22. The minimum atomic E-state index is -1.55. The summed E-state index contributed by atoms with van der Waals surface area (Å²) in [5, 5.41) is 49.0. The highest BCUT2D eigenvalue weighted by Crippen LogP contribution is 2.28. The topological polar surface area (TPSA) is 150 Å². The molecule has 0 spiro atoms. The molecule has 9 heteroatoms. The summed E-state index contributed by atoms with van der Waals surface area (Å²) < 4.78 is 16.3. The SMILES string of the molecule is O=c1c(-c2ccc(O[C@@H]3O[C@H](CO)[C@@H](O)[C@H](O)[C@H]3O)cc2)coc2cccc(O)c12. The molecule has 1 aromatic heterocycles. The molecular formula is C21H20O9. The Morgan fingerprint density at radius 1 is 0.967 bits per heavy atom.